The molecule has 5 heteroatoms. The van der Waals surface area contributed by atoms with E-state index in [2.05, 4.69) is 24.4 Å². The van der Waals surface area contributed by atoms with Crippen molar-refractivity contribution in [2.75, 3.05) is 32.6 Å². The third-order valence-electron chi connectivity index (χ3n) is 5.33. The number of benzene rings is 2. The Bertz CT molecular complexity index is 774. The Morgan fingerprint density at radius 3 is 2.59 bits per heavy atom. The number of ether oxygens (including phenoxy) is 2. The van der Waals surface area contributed by atoms with E-state index >= 15 is 0 Å². The molecule has 1 unspecified atom stereocenters. The van der Waals surface area contributed by atoms with Crippen molar-refractivity contribution in [2.24, 2.45) is 0 Å². The summed E-state index contributed by atoms with van der Waals surface area (Å²) in [5.41, 5.74) is 3.24. The fourth-order valence-electron chi connectivity index (χ4n) is 3.85. The van der Waals surface area contributed by atoms with E-state index in [1.54, 1.807) is 14.2 Å². The fraction of sp³-hybridized carbons (Fsp3) is 0.409. The lowest BCUT2D eigenvalue weighted by Crippen LogP contribution is -3.11. The maximum atomic E-state index is 12.6. The molecule has 1 aliphatic heterocycles. The summed E-state index contributed by atoms with van der Waals surface area (Å²) in [7, 11) is 3.36. The van der Waals surface area contributed by atoms with Gasteiger partial charge < -0.3 is 19.7 Å². The van der Waals surface area contributed by atoms with Crippen LogP contribution in [0.5, 0.6) is 11.5 Å². The van der Waals surface area contributed by atoms with Crippen LogP contribution in [0, 0.1) is 0 Å². The monoisotopic (exact) mass is 369 g/mol. The number of hydrogen-bond acceptors (Lipinski definition) is 3. The molecule has 27 heavy (non-hydrogen) atoms. The summed E-state index contributed by atoms with van der Waals surface area (Å²) < 4.78 is 10.9. The number of rotatable bonds is 7. The largest absolute Gasteiger partial charge is 0.497 e. The molecule has 0 radical (unpaired) electrons. The Morgan fingerprint density at radius 1 is 1.15 bits per heavy atom. The van der Waals surface area contributed by atoms with Gasteiger partial charge in [-0.15, -0.1) is 0 Å². The van der Waals surface area contributed by atoms with Gasteiger partial charge in [0.15, 0.2) is 6.54 Å². The Hall–Kier alpha value is -2.53. The summed E-state index contributed by atoms with van der Waals surface area (Å²) in [6.07, 6.45) is 3.13. The predicted octanol–water partition coefficient (Wildman–Crippen LogP) is 2.62. The third-order valence-corrected chi connectivity index (χ3v) is 5.33. The van der Waals surface area contributed by atoms with Crippen LogP contribution < -0.4 is 19.7 Å². The van der Waals surface area contributed by atoms with Gasteiger partial charge in [-0.3, -0.25) is 4.79 Å². The Kier molecular flexibility index (Phi) is 6.35. The van der Waals surface area contributed by atoms with Crippen LogP contribution in [-0.4, -0.2) is 33.2 Å². The van der Waals surface area contributed by atoms with Crippen molar-refractivity contribution in [3.63, 3.8) is 0 Å². The second-order valence-electron chi connectivity index (χ2n) is 6.99. The Morgan fingerprint density at radius 2 is 1.93 bits per heavy atom. The zero-order valence-corrected chi connectivity index (χ0v) is 16.4. The van der Waals surface area contributed by atoms with Gasteiger partial charge in [0.25, 0.3) is 5.91 Å². The minimum atomic E-state index is 0.0445. The van der Waals surface area contributed by atoms with Crippen molar-refractivity contribution in [1.82, 2.24) is 0 Å². The normalized spacial score (nSPS) is 18.9. The molecule has 3 rings (SSSR count). The van der Waals surface area contributed by atoms with E-state index in [-0.39, 0.29) is 11.9 Å². The molecule has 0 aromatic heterocycles. The van der Waals surface area contributed by atoms with Gasteiger partial charge in [0.05, 0.1) is 26.3 Å². The van der Waals surface area contributed by atoms with E-state index in [0.29, 0.717) is 6.54 Å². The quantitative estimate of drug-likeness (QED) is 0.789. The Balaban J connectivity index is 1.70. The first kappa shape index (κ1) is 19.2. The molecule has 5 nitrogen and oxygen atoms in total. The number of carbonyl (C=O) groups is 1. The van der Waals surface area contributed by atoms with Crippen LogP contribution in [-0.2, 0) is 11.2 Å². The van der Waals surface area contributed by atoms with Crippen molar-refractivity contribution in [1.29, 1.82) is 0 Å². The minimum Gasteiger partial charge on any atom is -0.497 e. The molecule has 1 fully saturated rings. The molecule has 1 aliphatic rings. The van der Waals surface area contributed by atoms with Gasteiger partial charge >= 0.3 is 0 Å². The smallest absolute Gasteiger partial charge is 0.279 e. The summed E-state index contributed by atoms with van der Waals surface area (Å²) in [4.78, 5) is 13.9. The molecular formula is C22H29N2O3+. The second-order valence-corrected chi connectivity index (χ2v) is 6.99. The van der Waals surface area contributed by atoms with E-state index in [1.807, 2.05) is 30.3 Å². The molecule has 1 saturated heterocycles. The van der Waals surface area contributed by atoms with E-state index in [4.69, 9.17) is 9.47 Å². The van der Waals surface area contributed by atoms with Crippen LogP contribution in [0.25, 0.3) is 0 Å². The van der Waals surface area contributed by atoms with Gasteiger partial charge in [-0.05, 0) is 42.3 Å². The van der Waals surface area contributed by atoms with Gasteiger partial charge in [0.1, 0.15) is 17.5 Å². The second kappa shape index (κ2) is 8.91. The van der Waals surface area contributed by atoms with Crippen molar-refractivity contribution < 1.29 is 19.2 Å². The molecule has 2 N–H and O–H groups in total. The third kappa shape index (κ3) is 4.61. The molecule has 0 aliphatic carbocycles. The molecule has 0 spiro atoms. The van der Waals surface area contributed by atoms with Crippen LogP contribution in [0.3, 0.4) is 0 Å². The number of anilines is 1. The number of quaternary nitrogens is 1. The molecule has 2 aromatic rings. The van der Waals surface area contributed by atoms with Crippen LogP contribution in [0.15, 0.2) is 42.5 Å². The fourth-order valence-corrected chi connectivity index (χ4v) is 3.85. The van der Waals surface area contributed by atoms with Gasteiger partial charge in [0.2, 0.25) is 0 Å². The number of amides is 1. The van der Waals surface area contributed by atoms with Crippen molar-refractivity contribution in [3.8, 4) is 11.5 Å². The zero-order chi connectivity index (χ0) is 19.2. The SMILES string of the molecule is CCc1ccc(NC(=O)C[NH+]2CCC[C@H]2c2cc(OC)ccc2OC)cc1. The highest BCUT2D eigenvalue weighted by Gasteiger charge is 2.34. The van der Waals surface area contributed by atoms with Crippen LogP contribution in [0.1, 0.15) is 36.9 Å². The lowest BCUT2D eigenvalue weighted by molar-refractivity contribution is -0.910. The molecule has 144 valence electrons. The number of carbonyl (C=O) groups excluding carboxylic acids is 1. The van der Waals surface area contributed by atoms with Crippen LogP contribution in [0.4, 0.5) is 5.69 Å². The maximum Gasteiger partial charge on any atom is 0.279 e. The Labute approximate surface area is 161 Å². The standard InChI is InChI=1S/C22H28N2O3/c1-4-16-7-9-17(10-8-16)23-22(25)15-24-13-5-6-20(24)19-14-18(26-2)11-12-21(19)27-3/h7-12,14,20H,4-6,13,15H2,1-3H3,(H,23,25)/p+1/t20-/m0/s1. The lowest BCUT2D eigenvalue weighted by atomic mass is 10.0. The lowest BCUT2D eigenvalue weighted by Gasteiger charge is -2.23. The number of likely N-dealkylation sites (tertiary alicyclic amines) is 1. The first-order chi connectivity index (χ1) is 13.1. The highest BCUT2D eigenvalue weighted by molar-refractivity contribution is 5.91. The number of aryl methyl sites for hydroxylation is 1. The topological polar surface area (TPSA) is 52.0 Å². The van der Waals surface area contributed by atoms with Crippen LogP contribution >= 0.6 is 0 Å². The summed E-state index contributed by atoms with van der Waals surface area (Å²) in [6.45, 7) is 3.55. The predicted molar refractivity (Wildman–Crippen MR) is 107 cm³/mol. The molecule has 2 atom stereocenters. The van der Waals surface area contributed by atoms with Gasteiger partial charge in [-0.25, -0.2) is 0 Å². The highest BCUT2D eigenvalue weighted by atomic mass is 16.5. The van der Waals surface area contributed by atoms with Gasteiger partial charge in [0, 0.05) is 18.5 Å². The number of methoxy groups -OCH3 is 2. The molecule has 1 amide bonds. The van der Waals surface area contributed by atoms with Gasteiger partial charge in [-0.2, -0.15) is 0 Å². The number of hydrogen-bond donors (Lipinski definition) is 2. The summed E-state index contributed by atoms with van der Waals surface area (Å²) >= 11 is 0. The van der Waals surface area contributed by atoms with Crippen LogP contribution in [0.2, 0.25) is 0 Å². The molecule has 2 aromatic carbocycles. The minimum absolute atomic E-state index is 0.0445. The first-order valence-corrected chi connectivity index (χ1v) is 9.60. The highest BCUT2D eigenvalue weighted by Crippen LogP contribution is 2.31. The summed E-state index contributed by atoms with van der Waals surface area (Å²) in [6, 6.07) is 14.2. The van der Waals surface area contributed by atoms with Crippen molar-refractivity contribution in [3.05, 3.63) is 53.6 Å². The van der Waals surface area contributed by atoms with E-state index < -0.39 is 0 Å². The molecule has 0 bridgehead atoms. The maximum absolute atomic E-state index is 12.6. The van der Waals surface area contributed by atoms with E-state index in [1.165, 1.54) is 10.5 Å². The van der Waals surface area contributed by atoms with Crippen molar-refractivity contribution >= 4 is 11.6 Å². The molecule has 0 saturated carbocycles. The molecule has 1 heterocycles. The zero-order valence-electron chi connectivity index (χ0n) is 16.4. The first-order valence-electron chi connectivity index (χ1n) is 9.60. The summed E-state index contributed by atoms with van der Waals surface area (Å²) in [5.74, 6) is 1.72. The number of nitrogens with one attached hydrogen (secondary N) is 2. The van der Waals surface area contributed by atoms with Gasteiger partial charge in [-0.1, -0.05) is 19.1 Å². The van der Waals surface area contributed by atoms with E-state index in [0.717, 1.165) is 48.6 Å². The molecular weight excluding hydrogens is 340 g/mol. The average Bonchev–Trinajstić information content (AvgIpc) is 3.15. The summed E-state index contributed by atoms with van der Waals surface area (Å²) in [5, 5.41) is 3.03. The average molecular weight is 369 g/mol. The van der Waals surface area contributed by atoms with Crippen molar-refractivity contribution in [2.45, 2.75) is 32.2 Å². The van der Waals surface area contributed by atoms with E-state index in [9.17, 15) is 4.79 Å².